The second-order valence-corrected chi connectivity index (χ2v) is 7.68. The third kappa shape index (κ3) is 8.41. The summed E-state index contributed by atoms with van der Waals surface area (Å²) in [4.78, 5) is 23.2. The molecular formula is C27H32O7. The molecule has 2 aromatic rings. The molecule has 7 nitrogen and oxygen atoms in total. The van der Waals surface area contributed by atoms with E-state index in [1.165, 1.54) is 0 Å². The van der Waals surface area contributed by atoms with Gasteiger partial charge in [-0.3, -0.25) is 0 Å². The fourth-order valence-electron chi connectivity index (χ4n) is 2.98. The molecule has 0 fully saturated rings. The molecule has 0 amide bonds. The molecule has 0 saturated carbocycles. The first kappa shape index (κ1) is 26.7. The number of aliphatic hydroxyl groups is 1. The van der Waals surface area contributed by atoms with E-state index in [0.717, 1.165) is 23.1 Å². The van der Waals surface area contributed by atoms with Crippen molar-refractivity contribution in [1.82, 2.24) is 0 Å². The van der Waals surface area contributed by atoms with Crippen LogP contribution in [0.25, 0.3) is 11.1 Å². The van der Waals surface area contributed by atoms with Crippen molar-refractivity contribution in [2.24, 2.45) is 0 Å². The van der Waals surface area contributed by atoms with Gasteiger partial charge >= 0.3 is 11.9 Å². The summed E-state index contributed by atoms with van der Waals surface area (Å²) in [5.41, 5.74) is 3.36. The van der Waals surface area contributed by atoms with Gasteiger partial charge in [0.2, 0.25) is 0 Å². The van der Waals surface area contributed by atoms with Gasteiger partial charge in [0, 0.05) is 17.8 Å². The van der Waals surface area contributed by atoms with Gasteiger partial charge in [-0.15, -0.1) is 0 Å². The Labute approximate surface area is 200 Å². The number of aliphatic hydroxyl groups excluding tert-OH is 1. The molecule has 0 unspecified atom stereocenters. The molecule has 0 bridgehead atoms. The normalized spacial score (nSPS) is 10.3. The molecule has 0 heterocycles. The minimum Gasteiger partial charge on any atom is -0.489 e. The van der Waals surface area contributed by atoms with Crippen molar-refractivity contribution in [3.63, 3.8) is 0 Å². The van der Waals surface area contributed by atoms with Crippen molar-refractivity contribution in [1.29, 1.82) is 0 Å². The zero-order valence-electron chi connectivity index (χ0n) is 19.8. The summed E-state index contributed by atoms with van der Waals surface area (Å²) in [5.74, 6) is 0.184. The molecule has 7 heteroatoms. The van der Waals surface area contributed by atoms with Crippen molar-refractivity contribution >= 4 is 11.9 Å². The van der Waals surface area contributed by atoms with Crippen LogP contribution in [0.2, 0.25) is 0 Å². The number of ether oxygens (including phenoxy) is 4. The van der Waals surface area contributed by atoms with Crippen molar-refractivity contribution in [3.8, 4) is 22.6 Å². The van der Waals surface area contributed by atoms with E-state index >= 15 is 0 Å². The molecule has 0 spiro atoms. The average molecular weight is 469 g/mol. The quantitative estimate of drug-likeness (QED) is 0.251. The van der Waals surface area contributed by atoms with Gasteiger partial charge in [-0.2, -0.15) is 0 Å². The average Bonchev–Trinajstić information content (AvgIpc) is 2.83. The predicted molar refractivity (Wildman–Crippen MR) is 130 cm³/mol. The number of carbonyl (C=O) groups is 2. The van der Waals surface area contributed by atoms with Crippen LogP contribution in [0.3, 0.4) is 0 Å². The number of esters is 2. The largest absolute Gasteiger partial charge is 0.489 e. The fraction of sp³-hybridized carbons (Fsp3) is 0.333. The van der Waals surface area contributed by atoms with Gasteiger partial charge in [-0.1, -0.05) is 43.5 Å². The summed E-state index contributed by atoms with van der Waals surface area (Å²) >= 11 is 0. The molecular weight excluding hydrogens is 436 g/mol. The van der Waals surface area contributed by atoms with Gasteiger partial charge in [0.15, 0.2) is 0 Å². The summed E-state index contributed by atoms with van der Waals surface area (Å²) in [7, 11) is 0. The van der Waals surface area contributed by atoms with Gasteiger partial charge < -0.3 is 24.1 Å². The Morgan fingerprint density at radius 1 is 0.794 bits per heavy atom. The maximum atomic E-state index is 11.6. The highest BCUT2D eigenvalue weighted by molar-refractivity contribution is 5.87. The standard InChI is InChI=1S/C27H32O7/c1-19(2)26(29)33-17-15-31-23-8-5-9-24(32-16-18-34-27(30)20(3)4)25(23)22-12-10-21(11-13-22)7-6-14-28/h5,8-13,28H,1,3,6-7,14-18H2,2,4H3. The van der Waals surface area contributed by atoms with Crippen LogP contribution in [0.15, 0.2) is 66.8 Å². The maximum Gasteiger partial charge on any atom is 0.333 e. The molecule has 1 N–H and O–H groups in total. The molecule has 0 aliphatic heterocycles. The molecule has 2 rings (SSSR count). The van der Waals surface area contributed by atoms with Crippen LogP contribution in [0.5, 0.6) is 11.5 Å². The highest BCUT2D eigenvalue weighted by atomic mass is 16.6. The number of benzene rings is 2. The Morgan fingerprint density at radius 3 is 1.74 bits per heavy atom. The van der Waals surface area contributed by atoms with Crippen LogP contribution in [0.1, 0.15) is 25.8 Å². The number of hydrogen-bond acceptors (Lipinski definition) is 7. The maximum absolute atomic E-state index is 11.6. The molecule has 0 aliphatic carbocycles. The van der Waals surface area contributed by atoms with E-state index in [9.17, 15) is 9.59 Å². The molecule has 0 radical (unpaired) electrons. The topological polar surface area (TPSA) is 91.3 Å². The van der Waals surface area contributed by atoms with Crippen LogP contribution >= 0.6 is 0 Å². The summed E-state index contributed by atoms with van der Waals surface area (Å²) in [6.45, 7) is 10.9. The SMILES string of the molecule is C=C(C)C(=O)OCCOc1cccc(OCCOC(=O)C(=C)C)c1-c1ccc(CCCO)cc1. The number of aryl methyl sites for hydroxylation is 1. The van der Waals surface area contributed by atoms with Crippen molar-refractivity contribution < 1.29 is 33.6 Å². The highest BCUT2D eigenvalue weighted by Gasteiger charge is 2.15. The molecule has 2 aromatic carbocycles. The van der Waals surface area contributed by atoms with E-state index in [1.807, 2.05) is 36.4 Å². The smallest absolute Gasteiger partial charge is 0.333 e. The van der Waals surface area contributed by atoms with Crippen LogP contribution in [-0.2, 0) is 25.5 Å². The molecule has 0 aromatic heterocycles. The van der Waals surface area contributed by atoms with Crippen LogP contribution in [0.4, 0.5) is 0 Å². The van der Waals surface area contributed by atoms with E-state index in [-0.39, 0.29) is 33.0 Å². The Morgan fingerprint density at radius 2 is 1.29 bits per heavy atom. The Bertz CT molecular complexity index is 940. The summed E-state index contributed by atoms with van der Waals surface area (Å²) in [5, 5.41) is 9.06. The zero-order valence-corrected chi connectivity index (χ0v) is 19.8. The van der Waals surface area contributed by atoms with Crippen molar-refractivity contribution in [3.05, 3.63) is 72.3 Å². The summed E-state index contributed by atoms with van der Waals surface area (Å²) in [6.07, 6.45) is 1.47. The summed E-state index contributed by atoms with van der Waals surface area (Å²) < 4.78 is 22.0. The highest BCUT2D eigenvalue weighted by Crippen LogP contribution is 2.38. The number of carbonyl (C=O) groups excluding carboxylic acids is 2. The van der Waals surface area contributed by atoms with E-state index in [4.69, 9.17) is 24.1 Å². The second kappa shape index (κ2) is 13.9. The first-order chi connectivity index (χ1) is 16.3. The molecule has 0 aliphatic rings. The predicted octanol–water partition coefficient (Wildman–Crippen LogP) is 4.27. The lowest BCUT2D eigenvalue weighted by Gasteiger charge is -2.17. The second-order valence-electron chi connectivity index (χ2n) is 7.68. The van der Waals surface area contributed by atoms with Gasteiger partial charge in [-0.05, 0) is 49.9 Å². The first-order valence-corrected chi connectivity index (χ1v) is 11.1. The minimum absolute atomic E-state index is 0.0766. The first-order valence-electron chi connectivity index (χ1n) is 11.1. The van der Waals surface area contributed by atoms with Crippen LogP contribution in [-0.4, -0.2) is 50.1 Å². The zero-order chi connectivity index (χ0) is 24.9. The monoisotopic (exact) mass is 468 g/mol. The number of hydrogen-bond donors (Lipinski definition) is 1. The Balaban J connectivity index is 2.18. The van der Waals surface area contributed by atoms with E-state index < -0.39 is 11.9 Å². The third-order valence-corrected chi connectivity index (χ3v) is 4.70. The van der Waals surface area contributed by atoms with Crippen LogP contribution in [0, 0.1) is 0 Å². The molecule has 182 valence electrons. The Hall–Kier alpha value is -3.58. The van der Waals surface area contributed by atoms with Crippen molar-refractivity contribution in [2.75, 3.05) is 33.0 Å². The van der Waals surface area contributed by atoms with E-state index in [2.05, 4.69) is 13.2 Å². The summed E-state index contributed by atoms with van der Waals surface area (Å²) in [6, 6.07) is 13.3. The van der Waals surface area contributed by atoms with Gasteiger partial charge in [0.1, 0.15) is 37.9 Å². The lowest BCUT2D eigenvalue weighted by Crippen LogP contribution is -2.14. The van der Waals surface area contributed by atoms with Crippen molar-refractivity contribution in [2.45, 2.75) is 26.7 Å². The fourth-order valence-corrected chi connectivity index (χ4v) is 2.98. The van der Waals surface area contributed by atoms with Gasteiger partial charge in [0.25, 0.3) is 0 Å². The number of rotatable bonds is 14. The van der Waals surface area contributed by atoms with E-state index in [1.54, 1.807) is 19.9 Å². The molecule has 34 heavy (non-hydrogen) atoms. The molecule has 0 saturated heterocycles. The van der Waals surface area contributed by atoms with Crippen LogP contribution < -0.4 is 9.47 Å². The molecule has 0 atom stereocenters. The lowest BCUT2D eigenvalue weighted by molar-refractivity contribution is -0.140. The third-order valence-electron chi connectivity index (χ3n) is 4.70. The van der Waals surface area contributed by atoms with Gasteiger partial charge in [-0.25, -0.2) is 9.59 Å². The van der Waals surface area contributed by atoms with E-state index in [0.29, 0.717) is 29.1 Å². The Kier molecular flexibility index (Phi) is 10.9. The lowest BCUT2D eigenvalue weighted by atomic mass is 10.0. The van der Waals surface area contributed by atoms with Gasteiger partial charge in [0.05, 0.1) is 5.56 Å². The minimum atomic E-state index is -0.469.